The molecular weight excluding hydrogens is 309 g/mol. The minimum Gasteiger partial charge on any atom is -0.298 e. The number of hydrogen-bond acceptors (Lipinski definition) is 3. The van der Waals surface area contributed by atoms with Crippen LogP contribution >= 0.6 is 23.2 Å². The maximum Gasteiger partial charge on any atom is 0.153 e. The molecule has 1 aromatic carbocycles. The Kier molecular flexibility index (Phi) is 3.73. The highest BCUT2D eigenvalue weighted by Gasteiger charge is 2.13. The molecule has 3 aromatic rings. The topological polar surface area (TPSA) is 47.8 Å². The fourth-order valence-corrected chi connectivity index (χ4v) is 2.25. The third-order valence-electron chi connectivity index (χ3n) is 2.95. The molecule has 0 spiro atoms. The van der Waals surface area contributed by atoms with Crippen LogP contribution in [0.25, 0.3) is 17.1 Å². The van der Waals surface area contributed by atoms with Crippen LogP contribution in [-0.4, -0.2) is 21.1 Å². The fourth-order valence-electron chi connectivity index (χ4n) is 1.95. The summed E-state index contributed by atoms with van der Waals surface area (Å²) in [6.45, 7) is 0. The van der Waals surface area contributed by atoms with E-state index in [-0.39, 0.29) is 0 Å². The number of nitrogens with zero attached hydrogens (tertiary/aromatic N) is 3. The Balaban J connectivity index is 2.12. The van der Waals surface area contributed by atoms with E-state index in [9.17, 15) is 4.79 Å². The smallest absolute Gasteiger partial charge is 0.153 e. The highest BCUT2D eigenvalue weighted by Crippen LogP contribution is 2.29. The lowest BCUT2D eigenvalue weighted by Crippen LogP contribution is -1.97. The molecular formula is C15H9Cl2N3O. The van der Waals surface area contributed by atoms with E-state index in [4.69, 9.17) is 23.2 Å². The van der Waals surface area contributed by atoms with E-state index in [2.05, 4.69) is 10.1 Å². The lowest BCUT2D eigenvalue weighted by atomic mass is 10.1. The molecule has 0 saturated heterocycles. The molecule has 2 aromatic heterocycles. The van der Waals surface area contributed by atoms with Gasteiger partial charge in [0.1, 0.15) is 5.69 Å². The molecule has 0 aliphatic rings. The van der Waals surface area contributed by atoms with Gasteiger partial charge in [0.05, 0.1) is 15.6 Å². The number of rotatable bonds is 3. The van der Waals surface area contributed by atoms with Crippen molar-refractivity contribution in [2.75, 3.05) is 0 Å². The van der Waals surface area contributed by atoms with Crippen molar-refractivity contribution in [2.45, 2.75) is 0 Å². The van der Waals surface area contributed by atoms with Crippen LogP contribution < -0.4 is 0 Å². The summed E-state index contributed by atoms with van der Waals surface area (Å²) in [6, 6.07) is 10.6. The lowest BCUT2D eigenvalue weighted by molar-refractivity contribution is 0.112. The van der Waals surface area contributed by atoms with Crippen molar-refractivity contribution < 1.29 is 4.79 Å². The van der Waals surface area contributed by atoms with Gasteiger partial charge in [0.15, 0.2) is 12.1 Å². The van der Waals surface area contributed by atoms with Crippen molar-refractivity contribution >= 4 is 29.5 Å². The summed E-state index contributed by atoms with van der Waals surface area (Å²) in [7, 11) is 0. The third-order valence-corrected chi connectivity index (χ3v) is 3.69. The van der Waals surface area contributed by atoms with Gasteiger partial charge in [-0.05, 0) is 24.3 Å². The quantitative estimate of drug-likeness (QED) is 0.684. The Labute approximate surface area is 131 Å². The van der Waals surface area contributed by atoms with Crippen molar-refractivity contribution in [1.29, 1.82) is 0 Å². The van der Waals surface area contributed by atoms with Crippen LogP contribution in [0.2, 0.25) is 10.0 Å². The Morgan fingerprint density at radius 2 is 1.95 bits per heavy atom. The van der Waals surface area contributed by atoms with Crippen LogP contribution in [0.1, 0.15) is 10.4 Å². The van der Waals surface area contributed by atoms with Crippen molar-refractivity contribution in [3.8, 4) is 17.1 Å². The number of carbonyl (C=O) groups excluding carboxylic acids is 1. The normalized spacial score (nSPS) is 10.6. The molecule has 104 valence electrons. The Morgan fingerprint density at radius 3 is 2.62 bits per heavy atom. The summed E-state index contributed by atoms with van der Waals surface area (Å²) in [5, 5.41) is 5.28. The molecule has 0 aliphatic heterocycles. The van der Waals surface area contributed by atoms with Gasteiger partial charge in [-0.2, -0.15) is 5.10 Å². The molecule has 0 aliphatic carbocycles. The van der Waals surface area contributed by atoms with Crippen LogP contribution in [-0.2, 0) is 0 Å². The maximum absolute atomic E-state index is 11.3. The second kappa shape index (κ2) is 5.68. The van der Waals surface area contributed by atoms with Crippen molar-refractivity contribution in [2.24, 2.45) is 0 Å². The molecule has 0 unspecified atom stereocenters. The highest BCUT2D eigenvalue weighted by molar-refractivity contribution is 6.42. The van der Waals surface area contributed by atoms with Crippen LogP contribution in [0.5, 0.6) is 0 Å². The van der Waals surface area contributed by atoms with E-state index in [0.717, 1.165) is 11.8 Å². The molecule has 0 amide bonds. The third kappa shape index (κ3) is 2.68. The second-order valence-electron chi connectivity index (χ2n) is 4.31. The van der Waals surface area contributed by atoms with Crippen LogP contribution in [0.3, 0.4) is 0 Å². The molecule has 3 rings (SSSR count). The molecule has 2 heterocycles. The average molecular weight is 318 g/mol. The molecule has 0 bridgehead atoms. The molecule has 0 radical (unpaired) electrons. The second-order valence-corrected chi connectivity index (χ2v) is 5.13. The molecule has 0 fully saturated rings. The molecule has 0 atom stereocenters. The Bertz CT molecular complexity index is 800. The number of aldehydes is 1. The average Bonchev–Trinajstić information content (AvgIpc) is 2.95. The minimum atomic E-state index is 0.415. The van der Waals surface area contributed by atoms with E-state index >= 15 is 0 Å². The van der Waals surface area contributed by atoms with Gasteiger partial charge < -0.3 is 0 Å². The zero-order chi connectivity index (χ0) is 14.8. The summed E-state index contributed by atoms with van der Waals surface area (Å²) in [5.41, 5.74) is 1.72. The number of pyridine rings is 1. The fraction of sp³-hybridized carbons (Fsp3) is 0. The summed E-state index contributed by atoms with van der Waals surface area (Å²) in [6.07, 6.45) is 4.05. The van der Waals surface area contributed by atoms with Gasteiger partial charge in [0.2, 0.25) is 0 Å². The van der Waals surface area contributed by atoms with E-state index < -0.39 is 0 Å². The molecule has 6 heteroatoms. The summed E-state index contributed by atoms with van der Waals surface area (Å²) in [5.74, 6) is 0.631. The van der Waals surface area contributed by atoms with Crippen LogP contribution in [0.4, 0.5) is 0 Å². The van der Waals surface area contributed by atoms with Gasteiger partial charge >= 0.3 is 0 Å². The lowest BCUT2D eigenvalue weighted by Gasteiger charge is -2.01. The number of aromatic nitrogens is 3. The number of hydrogen-bond donors (Lipinski definition) is 0. The van der Waals surface area contributed by atoms with Crippen LogP contribution in [0.15, 0.2) is 48.8 Å². The Hall–Kier alpha value is -2.17. The zero-order valence-electron chi connectivity index (χ0n) is 10.7. The van der Waals surface area contributed by atoms with Crippen LogP contribution in [0, 0.1) is 0 Å². The first kappa shape index (κ1) is 13.8. The molecule has 0 saturated carbocycles. The molecule has 4 nitrogen and oxygen atoms in total. The van der Waals surface area contributed by atoms with Crippen molar-refractivity contribution in [3.63, 3.8) is 0 Å². The van der Waals surface area contributed by atoms with Gasteiger partial charge in [-0.15, -0.1) is 0 Å². The summed E-state index contributed by atoms with van der Waals surface area (Å²) < 4.78 is 1.56. The first-order chi connectivity index (χ1) is 10.2. The Morgan fingerprint density at radius 1 is 1.10 bits per heavy atom. The SMILES string of the molecule is O=Cc1cn(-c2ccccn2)nc1-c1ccc(Cl)c(Cl)c1. The van der Waals surface area contributed by atoms with E-state index in [1.807, 2.05) is 12.1 Å². The predicted octanol–water partition coefficient (Wildman–Crippen LogP) is 4.05. The summed E-state index contributed by atoms with van der Waals surface area (Å²) in [4.78, 5) is 15.5. The first-order valence-corrected chi connectivity index (χ1v) is 6.86. The monoisotopic (exact) mass is 317 g/mol. The van der Waals surface area contributed by atoms with Crippen molar-refractivity contribution in [3.05, 3.63) is 64.4 Å². The van der Waals surface area contributed by atoms with Gasteiger partial charge in [-0.25, -0.2) is 9.67 Å². The minimum absolute atomic E-state index is 0.415. The summed E-state index contributed by atoms with van der Waals surface area (Å²) >= 11 is 11.9. The number of benzene rings is 1. The standard InChI is InChI=1S/C15H9Cl2N3O/c16-12-5-4-10(7-13(12)17)15-11(9-21)8-20(19-15)14-3-1-2-6-18-14/h1-9H. The van der Waals surface area contributed by atoms with Gasteiger partial charge in [-0.1, -0.05) is 35.3 Å². The molecule has 0 N–H and O–H groups in total. The largest absolute Gasteiger partial charge is 0.298 e. The van der Waals surface area contributed by atoms with Gasteiger partial charge in [-0.3, -0.25) is 4.79 Å². The number of carbonyl (C=O) groups is 1. The highest BCUT2D eigenvalue weighted by atomic mass is 35.5. The maximum atomic E-state index is 11.3. The number of halogens is 2. The zero-order valence-corrected chi connectivity index (χ0v) is 12.2. The van der Waals surface area contributed by atoms with E-state index in [1.54, 1.807) is 41.3 Å². The van der Waals surface area contributed by atoms with Crippen molar-refractivity contribution in [1.82, 2.24) is 14.8 Å². The van der Waals surface area contributed by atoms with Gasteiger partial charge in [0, 0.05) is 18.0 Å². The predicted molar refractivity (Wildman–Crippen MR) is 82.2 cm³/mol. The van der Waals surface area contributed by atoms with E-state index in [0.29, 0.717) is 27.1 Å². The van der Waals surface area contributed by atoms with Gasteiger partial charge in [0.25, 0.3) is 0 Å². The first-order valence-electron chi connectivity index (χ1n) is 6.10. The van der Waals surface area contributed by atoms with E-state index in [1.165, 1.54) is 0 Å². The molecule has 21 heavy (non-hydrogen) atoms.